The first-order valence-corrected chi connectivity index (χ1v) is 30.9. The first-order valence-electron chi connectivity index (χ1n) is 30.9. The summed E-state index contributed by atoms with van der Waals surface area (Å²) in [6, 6.07) is -0.964. The van der Waals surface area contributed by atoms with Gasteiger partial charge in [0.2, 0.25) is 5.91 Å². The molecule has 3 rings (SSSR count). The molecule has 0 spiro atoms. The van der Waals surface area contributed by atoms with Crippen molar-refractivity contribution in [2.45, 2.75) is 330 Å². The quantitative estimate of drug-likeness (QED) is 0.0254. The fourth-order valence-corrected chi connectivity index (χ4v) is 10.7. The van der Waals surface area contributed by atoms with Crippen molar-refractivity contribution in [1.29, 1.82) is 0 Å². The lowest BCUT2D eigenvalue weighted by Crippen LogP contribution is -2.66. The Bertz CT molecular complexity index is 1480. The molecule has 3 aliphatic rings. The average Bonchev–Trinajstić information content (AvgIpc) is 3.44. The fourth-order valence-electron chi connectivity index (χ4n) is 10.7. The topological polar surface area (TPSA) is 307 Å². The molecular weight excluding hydrogens is 1010 g/mol. The molecule has 0 aromatic heterocycles. The molecule has 78 heavy (non-hydrogen) atoms. The standard InChI is InChI=1S/C59H111NO18/c1-3-5-7-9-10-11-12-13-14-15-16-17-18-19-20-21-22-23-24-25-26-27-28-29-30-31-32-33-34-36-43(64)42(60-47(65)37-35-8-6-4-2)41-73-57-53(71)50(68)55(45(39-62)75-57)78-59-54(72)51(69)56(46(40-63)76-59)77-58-52(70)49(67)48(66)44(38-61)74-58/h34,36,42-46,48-59,61-64,66-72H,3-33,35,37-41H2,1-2H3,(H,60,65)/b36-34+. The maximum Gasteiger partial charge on any atom is 0.220 e. The molecule has 19 nitrogen and oxygen atoms in total. The molecule has 0 bridgehead atoms. The van der Waals surface area contributed by atoms with Crippen LogP contribution in [-0.2, 0) is 33.2 Å². The number of hydrogen-bond acceptors (Lipinski definition) is 18. The van der Waals surface area contributed by atoms with E-state index in [1.807, 2.05) is 6.08 Å². The van der Waals surface area contributed by atoms with Gasteiger partial charge in [-0.1, -0.05) is 212 Å². The second kappa shape index (κ2) is 43.2. The zero-order valence-corrected chi connectivity index (χ0v) is 47.9. The van der Waals surface area contributed by atoms with Crippen LogP contribution in [0.2, 0.25) is 0 Å². The molecule has 3 fully saturated rings. The number of carbonyl (C=O) groups is 1. The highest BCUT2D eigenvalue weighted by Gasteiger charge is 2.53. The van der Waals surface area contributed by atoms with E-state index in [0.29, 0.717) is 6.42 Å². The SMILES string of the molecule is CCCCCCCCCCCCCCCCCCCCCCCCCCCCC/C=C/C(O)C(COC1OC(CO)C(OC2OC(CO)C(OC3OC(CO)C(O)C(O)C3O)C(O)C2O)C(O)C1O)NC(=O)CCCCCC. The third kappa shape index (κ3) is 26.8. The molecule has 0 aromatic rings. The number of aliphatic hydroxyl groups is 11. The van der Waals surface area contributed by atoms with Crippen molar-refractivity contribution >= 4 is 5.91 Å². The van der Waals surface area contributed by atoms with Crippen LogP contribution in [0.3, 0.4) is 0 Å². The summed E-state index contributed by atoms with van der Waals surface area (Å²) in [5.74, 6) is -0.292. The Kier molecular flexibility index (Phi) is 39.2. The number of unbranched alkanes of at least 4 members (excludes halogenated alkanes) is 30. The molecule has 12 N–H and O–H groups in total. The van der Waals surface area contributed by atoms with Gasteiger partial charge in [-0.05, 0) is 19.3 Å². The normalized spacial score (nSPS) is 30.5. The Morgan fingerprint density at radius 2 is 0.795 bits per heavy atom. The third-order valence-electron chi connectivity index (χ3n) is 15.8. The Morgan fingerprint density at radius 1 is 0.449 bits per heavy atom. The number of nitrogens with one attached hydrogen (secondary N) is 1. The van der Waals surface area contributed by atoms with Gasteiger partial charge in [0.1, 0.15) is 73.2 Å². The van der Waals surface area contributed by atoms with Gasteiger partial charge in [0.15, 0.2) is 18.9 Å². The molecule has 0 saturated carbocycles. The minimum Gasteiger partial charge on any atom is -0.394 e. The van der Waals surface area contributed by atoms with E-state index in [1.165, 1.54) is 154 Å². The summed E-state index contributed by atoms with van der Waals surface area (Å²) >= 11 is 0. The molecule has 3 heterocycles. The Balaban J connectivity index is 1.34. The van der Waals surface area contributed by atoms with Gasteiger partial charge in [0.05, 0.1) is 38.6 Å². The number of allylic oxidation sites excluding steroid dienone is 1. The maximum atomic E-state index is 13.0. The van der Waals surface area contributed by atoms with Crippen LogP contribution in [0.1, 0.15) is 226 Å². The summed E-state index contributed by atoms with van der Waals surface area (Å²) in [5, 5.41) is 119. The average molecular weight is 1120 g/mol. The highest BCUT2D eigenvalue weighted by Crippen LogP contribution is 2.33. The summed E-state index contributed by atoms with van der Waals surface area (Å²) in [7, 11) is 0. The van der Waals surface area contributed by atoms with Crippen LogP contribution in [0.25, 0.3) is 0 Å². The number of amides is 1. The van der Waals surface area contributed by atoms with E-state index in [1.54, 1.807) is 6.08 Å². The Morgan fingerprint density at radius 3 is 1.21 bits per heavy atom. The molecule has 19 heteroatoms. The van der Waals surface area contributed by atoms with E-state index >= 15 is 0 Å². The third-order valence-corrected chi connectivity index (χ3v) is 15.8. The summed E-state index contributed by atoms with van der Waals surface area (Å²) in [6.45, 7) is 1.59. The molecule has 1 amide bonds. The lowest BCUT2D eigenvalue weighted by atomic mass is 9.96. The zero-order valence-electron chi connectivity index (χ0n) is 47.9. The molecular formula is C59H111NO18. The van der Waals surface area contributed by atoms with Gasteiger partial charge in [-0.3, -0.25) is 4.79 Å². The Labute approximate surface area is 467 Å². The number of hydrogen-bond donors (Lipinski definition) is 12. The highest BCUT2D eigenvalue weighted by atomic mass is 16.8. The highest BCUT2D eigenvalue weighted by molar-refractivity contribution is 5.76. The van der Waals surface area contributed by atoms with Gasteiger partial charge < -0.3 is 89.9 Å². The van der Waals surface area contributed by atoms with Gasteiger partial charge in [-0.25, -0.2) is 0 Å². The van der Waals surface area contributed by atoms with Gasteiger partial charge in [-0.15, -0.1) is 0 Å². The van der Waals surface area contributed by atoms with Crippen molar-refractivity contribution in [1.82, 2.24) is 5.32 Å². The molecule has 0 aromatic carbocycles. The van der Waals surface area contributed by atoms with Crippen molar-refractivity contribution in [3.63, 3.8) is 0 Å². The van der Waals surface area contributed by atoms with Crippen LogP contribution in [0.15, 0.2) is 12.2 Å². The van der Waals surface area contributed by atoms with Crippen molar-refractivity contribution in [2.24, 2.45) is 0 Å². The number of aliphatic hydroxyl groups excluding tert-OH is 11. The molecule has 17 atom stereocenters. The maximum absolute atomic E-state index is 13.0. The predicted octanol–water partition coefficient (Wildman–Crippen LogP) is 5.77. The Hall–Kier alpha value is -1.47. The minimum atomic E-state index is -1.97. The summed E-state index contributed by atoms with van der Waals surface area (Å²) in [4.78, 5) is 13.0. The van der Waals surface area contributed by atoms with Crippen LogP contribution in [0.5, 0.6) is 0 Å². The largest absolute Gasteiger partial charge is 0.394 e. The van der Waals surface area contributed by atoms with Gasteiger partial charge in [0.25, 0.3) is 0 Å². The van der Waals surface area contributed by atoms with Crippen molar-refractivity contribution < 1.29 is 89.4 Å². The van der Waals surface area contributed by atoms with Gasteiger partial charge >= 0.3 is 0 Å². The van der Waals surface area contributed by atoms with Crippen molar-refractivity contribution in [3.05, 3.63) is 12.2 Å². The monoisotopic (exact) mass is 1120 g/mol. The number of carbonyl (C=O) groups excluding carboxylic acids is 1. The van der Waals surface area contributed by atoms with Crippen LogP contribution < -0.4 is 5.32 Å². The van der Waals surface area contributed by atoms with E-state index < -0.39 is 124 Å². The van der Waals surface area contributed by atoms with E-state index in [9.17, 15) is 61.0 Å². The second-order valence-corrected chi connectivity index (χ2v) is 22.5. The van der Waals surface area contributed by atoms with Gasteiger partial charge in [-0.2, -0.15) is 0 Å². The van der Waals surface area contributed by atoms with E-state index in [0.717, 1.165) is 44.9 Å². The molecule has 17 unspecified atom stereocenters. The lowest BCUT2D eigenvalue weighted by molar-refractivity contribution is -0.379. The smallest absolute Gasteiger partial charge is 0.220 e. The summed E-state index contributed by atoms with van der Waals surface area (Å²) in [6.07, 6.45) is 17.5. The van der Waals surface area contributed by atoms with Crippen LogP contribution in [-0.4, -0.2) is 193 Å². The van der Waals surface area contributed by atoms with Gasteiger partial charge in [0, 0.05) is 6.42 Å². The predicted molar refractivity (Wildman–Crippen MR) is 296 cm³/mol. The lowest BCUT2D eigenvalue weighted by Gasteiger charge is -2.48. The molecule has 0 aliphatic carbocycles. The molecule has 3 aliphatic heterocycles. The van der Waals surface area contributed by atoms with Crippen LogP contribution in [0, 0.1) is 0 Å². The number of ether oxygens (including phenoxy) is 6. The number of rotatable bonds is 46. The first-order chi connectivity index (χ1) is 37.8. The summed E-state index contributed by atoms with van der Waals surface area (Å²) in [5.41, 5.74) is 0. The van der Waals surface area contributed by atoms with E-state index in [2.05, 4.69) is 19.2 Å². The van der Waals surface area contributed by atoms with E-state index in [-0.39, 0.29) is 18.9 Å². The molecule has 460 valence electrons. The first kappa shape index (κ1) is 70.8. The zero-order chi connectivity index (χ0) is 56.9. The summed E-state index contributed by atoms with van der Waals surface area (Å²) < 4.78 is 34.1. The molecule has 0 radical (unpaired) electrons. The van der Waals surface area contributed by atoms with Crippen LogP contribution in [0.4, 0.5) is 0 Å². The fraction of sp³-hybridized carbons (Fsp3) is 0.949. The van der Waals surface area contributed by atoms with Crippen LogP contribution >= 0.6 is 0 Å². The molecule has 3 saturated heterocycles. The van der Waals surface area contributed by atoms with E-state index in [4.69, 9.17) is 28.4 Å². The second-order valence-electron chi connectivity index (χ2n) is 22.5. The van der Waals surface area contributed by atoms with Crippen molar-refractivity contribution in [3.8, 4) is 0 Å². The van der Waals surface area contributed by atoms with Crippen molar-refractivity contribution in [2.75, 3.05) is 26.4 Å². The minimum absolute atomic E-state index is 0.237.